The van der Waals surface area contributed by atoms with Crippen LogP contribution in [-0.4, -0.2) is 35.9 Å². The molecule has 1 heterocycles. The van der Waals surface area contributed by atoms with E-state index in [-0.39, 0.29) is 17.6 Å². The van der Waals surface area contributed by atoms with Crippen molar-refractivity contribution in [1.29, 1.82) is 0 Å². The normalized spacial score (nSPS) is 12.0. The molecule has 1 rings (SSSR count). The summed E-state index contributed by atoms with van der Waals surface area (Å²) in [5.41, 5.74) is 5.72. The van der Waals surface area contributed by atoms with Crippen molar-refractivity contribution in [3.63, 3.8) is 0 Å². The summed E-state index contributed by atoms with van der Waals surface area (Å²) in [6.07, 6.45) is 0. The summed E-state index contributed by atoms with van der Waals surface area (Å²) in [4.78, 5) is 28.3. The van der Waals surface area contributed by atoms with Crippen LogP contribution in [0.2, 0.25) is 0 Å². The van der Waals surface area contributed by atoms with Crippen LogP contribution in [0.15, 0.2) is 0 Å². The van der Waals surface area contributed by atoms with Crippen molar-refractivity contribution in [2.24, 2.45) is 5.92 Å². The Morgan fingerprint density at radius 2 is 2.00 bits per heavy atom. The molecular weight excluding hydrogens is 290 g/mol. The van der Waals surface area contributed by atoms with Gasteiger partial charge in [0, 0.05) is 13.1 Å². The first-order valence-corrected chi connectivity index (χ1v) is 7.75. The Kier molecular flexibility index (Phi) is 6.41. The average molecular weight is 313 g/mol. The van der Waals surface area contributed by atoms with Gasteiger partial charge in [0.05, 0.1) is 0 Å². The van der Waals surface area contributed by atoms with Crippen molar-refractivity contribution in [3.05, 3.63) is 4.88 Å². The summed E-state index contributed by atoms with van der Waals surface area (Å²) < 4.78 is 0. The summed E-state index contributed by atoms with van der Waals surface area (Å²) >= 11 is 1.17. The molecule has 1 unspecified atom stereocenters. The van der Waals surface area contributed by atoms with E-state index in [1.165, 1.54) is 11.3 Å². The molecule has 0 aliphatic carbocycles. The molecular formula is C13H23N5O2S. The molecule has 0 bridgehead atoms. The fraction of sp³-hybridized carbons (Fsp3) is 0.615. The maximum Gasteiger partial charge on any atom is 0.265 e. The Hall–Kier alpha value is -1.83. The van der Waals surface area contributed by atoms with Crippen molar-refractivity contribution < 1.29 is 9.59 Å². The molecule has 1 aromatic heterocycles. The lowest BCUT2D eigenvalue weighted by molar-refractivity contribution is -0.122. The van der Waals surface area contributed by atoms with Crippen LogP contribution < -0.4 is 21.7 Å². The Morgan fingerprint density at radius 1 is 1.33 bits per heavy atom. The quantitative estimate of drug-likeness (QED) is 0.601. The fourth-order valence-corrected chi connectivity index (χ4v) is 2.36. The zero-order valence-electron chi connectivity index (χ0n) is 12.8. The summed E-state index contributed by atoms with van der Waals surface area (Å²) in [6, 6.07) is -0.625. The average Bonchev–Trinajstić information content (AvgIpc) is 2.77. The number of hydrogen-bond donors (Lipinski definition) is 4. The molecule has 21 heavy (non-hydrogen) atoms. The van der Waals surface area contributed by atoms with Gasteiger partial charge >= 0.3 is 0 Å². The van der Waals surface area contributed by atoms with Gasteiger partial charge in [-0.1, -0.05) is 25.2 Å². The van der Waals surface area contributed by atoms with E-state index in [2.05, 4.69) is 20.9 Å². The molecule has 0 aromatic carbocycles. The summed E-state index contributed by atoms with van der Waals surface area (Å²) in [7, 11) is 0. The van der Waals surface area contributed by atoms with Crippen molar-refractivity contribution in [2.45, 2.75) is 33.7 Å². The zero-order chi connectivity index (χ0) is 16.0. The molecule has 0 radical (unpaired) electrons. The number of anilines is 2. The second-order valence-electron chi connectivity index (χ2n) is 5.10. The molecule has 1 atom stereocenters. The zero-order valence-corrected chi connectivity index (χ0v) is 13.6. The van der Waals surface area contributed by atoms with E-state index in [0.29, 0.717) is 29.0 Å². The van der Waals surface area contributed by atoms with Gasteiger partial charge in [-0.25, -0.2) is 4.98 Å². The van der Waals surface area contributed by atoms with Gasteiger partial charge in [-0.15, -0.1) is 0 Å². The molecule has 2 amide bonds. The number of aromatic nitrogens is 1. The van der Waals surface area contributed by atoms with Gasteiger partial charge < -0.3 is 21.7 Å². The Balaban J connectivity index is 2.61. The van der Waals surface area contributed by atoms with Crippen molar-refractivity contribution in [3.8, 4) is 0 Å². The lowest BCUT2D eigenvalue weighted by atomic mass is 10.2. The molecule has 0 saturated carbocycles. The first kappa shape index (κ1) is 17.2. The van der Waals surface area contributed by atoms with Crippen LogP contribution in [0.5, 0.6) is 0 Å². The number of hydrogen-bond acceptors (Lipinski definition) is 6. The molecule has 5 N–H and O–H groups in total. The molecule has 0 aliphatic rings. The summed E-state index contributed by atoms with van der Waals surface area (Å²) in [5.74, 6) is -0.0756. The first-order chi connectivity index (χ1) is 9.85. The number of rotatable bonds is 7. The first-order valence-electron chi connectivity index (χ1n) is 6.93. The van der Waals surface area contributed by atoms with Gasteiger partial charge in [-0.05, 0) is 19.8 Å². The molecule has 0 aliphatic heterocycles. The minimum Gasteiger partial charge on any atom is -0.382 e. The molecule has 8 heteroatoms. The number of amides is 2. The lowest BCUT2D eigenvalue weighted by Gasteiger charge is -2.14. The summed E-state index contributed by atoms with van der Waals surface area (Å²) in [5, 5.41) is 8.99. The van der Waals surface area contributed by atoms with E-state index in [4.69, 9.17) is 5.73 Å². The highest BCUT2D eigenvalue weighted by molar-refractivity contribution is 7.18. The van der Waals surface area contributed by atoms with Gasteiger partial charge in [0.15, 0.2) is 5.13 Å². The minimum atomic E-state index is -0.625. The maximum atomic E-state index is 12.1. The highest BCUT2D eigenvalue weighted by atomic mass is 32.1. The predicted molar refractivity (Wildman–Crippen MR) is 85.5 cm³/mol. The van der Waals surface area contributed by atoms with Crippen molar-refractivity contribution >= 4 is 34.1 Å². The minimum absolute atomic E-state index is 0.170. The predicted octanol–water partition coefficient (Wildman–Crippen LogP) is 1.05. The second kappa shape index (κ2) is 7.82. The van der Waals surface area contributed by atoms with Crippen LogP contribution in [0.3, 0.4) is 0 Å². The fourth-order valence-electron chi connectivity index (χ4n) is 1.51. The molecule has 0 saturated heterocycles. The number of nitrogens with two attached hydrogens (primary N) is 1. The molecule has 1 aromatic rings. The van der Waals surface area contributed by atoms with Gasteiger partial charge in [-0.3, -0.25) is 9.59 Å². The van der Waals surface area contributed by atoms with Crippen molar-refractivity contribution in [1.82, 2.24) is 15.6 Å². The van der Waals surface area contributed by atoms with Crippen LogP contribution in [0.4, 0.5) is 10.9 Å². The van der Waals surface area contributed by atoms with E-state index in [0.717, 1.165) is 0 Å². The second-order valence-corrected chi connectivity index (χ2v) is 6.10. The van der Waals surface area contributed by atoms with E-state index < -0.39 is 6.04 Å². The number of carbonyl (C=O) groups excluding carboxylic acids is 2. The third kappa shape index (κ3) is 5.22. The van der Waals surface area contributed by atoms with Crippen LogP contribution in [0.25, 0.3) is 0 Å². The van der Waals surface area contributed by atoms with Gasteiger partial charge in [-0.2, -0.15) is 0 Å². The largest absolute Gasteiger partial charge is 0.382 e. The Morgan fingerprint density at radius 3 is 2.57 bits per heavy atom. The number of nitrogen functional groups attached to an aromatic ring is 1. The third-order valence-electron chi connectivity index (χ3n) is 2.61. The number of carbonyl (C=O) groups is 2. The Labute approximate surface area is 128 Å². The molecule has 7 nitrogen and oxygen atoms in total. The van der Waals surface area contributed by atoms with E-state index in [9.17, 15) is 9.59 Å². The van der Waals surface area contributed by atoms with E-state index in [1.54, 1.807) is 6.92 Å². The summed E-state index contributed by atoms with van der Waals surface area (Å²) in [6.45, 7) is 8.84. The van der Waals surface area contributed by atoms with E-state index >= 15 is 0 Å². The monoisotopic (exact) mass is 313 g/mol. The highest BCUT2D eigenvalue weighted by Crippen LogP contribution is 2.24. The van der Waals surface area contributed by atoms with Crippen LogP contribution in [0, 0.1) is 5.92 Å². The molecule has 0 spiro atoms. The SMILES string of the molecule is CCNc1nc(N)c(C(=O)NC(C)C(=O)NCC(C)C)s1. The van der Waals surface area contributed by atoms with Gasteiger partial charge in [0.25, 0.3) is 5.91 Å². The lowest BCUT2D eigenvalue weighted by Crippen LogP contribution is -2.45. The standard InChI is InChI=1S/C13H23N5O2S/c1-5-15-13-18-10(14)9(21-13)12(20)17-8(4)11(19)16-6-7(2)3/h7-8H,5-6,14H2,1-4H3,(H,15,18)(H,16,19)(H,17,20). The van der Waals surface area contributed by atoms with Gasteiger partial charge in [0.2, 0.25) is 5.91 Å². The van der Waals surface area contributed by atoms with Crippen LogP contribution in [0.1, 0.15) is 37.4 Å². The van der Waals surface area contributed by atoms with Crippen molar-refractivity contribution in [2.75, 3.05) is 24.1 Å². The molecule has 118 valence electrons. The van der Waals surface area contributed by atoms with E-state index in [1.807, 2.05) is 20.8 Å². The van der Waals surface area contributed by atoms with Crippen LogP contribution in [-0.2, 0) is 4.79 Å². The number of thiazole rings is 1. The molecule has 0 fully saturated rings. The Bertz CT molecular complexity index is 501. The van der Waals surface area contributed by atoms with Crippen LogP contribution >= 0.6 is 11.3 Å². The topological polar surface area (TPSA) is 109 Å². The third-order valence-corrected chi connectivity index (χ3v) is 3.64. The van der Waals surface area contributed by atoms with Gasteiger partial charge in [0.1, 0.15) is 16.7 Å². The number of nitrogens with one attached hydrogen (secondary N) is 3. The maximum absolute atomic E-state index is 12.1. The number of nitrogens with zero attached hydrogens (tertiary/aromatic N) is 1. The smallest absolute Gasteiger partial charge is 0.265 e. The highest BCUT2D eigenvalue weighted by Gasteiger charge is 2.21.